The summed E-state index contributed by atoms with van der Waals surface area (Å²) in [5, 5.41) is 9.30. The molecule has 0 saturated carbocycles. The zero-order chi connectivity index (χ0) is 17.3. The smallest absolute Gasteiger partial charge is 0.242 e. The van der Waals surface area contributed by atoms with Gasteiger partial charge in [0.25, 0.3) is 0 Å². The standard InChI is InChI=1S/C17H29N5O.HI/c1-6-19-16(21-12-15(23)22-17(3,4)5)20-10-8-14-7-9-18-11-13(14)2;/h7,9,11H,6,8,10,12H2,1-5H3,(H,22,23)(H2,19,20,21);1H. The summed E-state index contributed by atoms with van der Waals surface area (Å²) in [6, 6.07) is 2.03. The highest BCUT2D eigenvalue weighted by Gasteiger charge is 2.13. The van der Waals surface area contributed by atoms with Crippen molar-refractivity contribution in [1.82, 2.24) is 20.9 Å². The minimum atomic E-state index is -0.239. The summed E-state index contributed by atoms with van der Waals surface area (Å²) in [7, 11) is 0. The van der Waals surface area contributed by atoms with Crippen LogP contribution in [0.25, 0.3) is 0 Å². The second kappa shape index (κ2) is 11.2. The van der Waals surface area contributed by atoms with Crippen molar-refractivity contribution >= 4 is 35.8 Å². The van der Waals surface area contributed by atoms with E-state index >= 15 is 0 Å². The Bertz CT molecular complexity index is 540. The highest BCUT2D eigenvalue weighted by atomic mass is 127. The van der Waals surface area contributed by atoms with Gasteiger partial charge in [-0.3, -0.25) is 9.78 Å². The van der Waals surface area contributed by atoms with E-state index in [0.717, 1.165) is 19.5 Å². The fourth-order valence-corrected chi connectivity index (χ4v) is 2.05. The molecule has 6 nitrogen and oxygen atoms in total. The summed E-state index contributed by atoms with van der Waals surface area (Å²) in [5.74, 6) is 0.572. The summed E-state index contributed by atoms with van der Waals surface area (Å²) in [6.07, 6.45) is 4.55. The van der Waals surface area contributed by atoms with Crippen LogP contribution in [0.15, 0.2) is 23.5 Å². The van der Waals surface area contributed by atoms with Crippen LogP contribution in [0.2, 0.25) is 0 Å². The van der Waals surface area contributed by atoms with E-state index in [2.05, 4.69) is 32.9 Å². The third-order valence-electron chi connectivity index (χ3n) is 3.06. The quantitative estimate of drug-likeness (QED) is 0.354. The summed E-state index contributed by atoms with van der Waals surface area (Å²) < 4.78 is 0. The number of carbonyl (C=O) groups is 1. The number of rotatable bonds is 6. The van der Waals surface area contributed by atoms with Gasteiger partial charge in [-0.15, -0.1) is 24.0 Å². The van der Waals surface area contributed by atoms with Crippen molar-refractivity contribution in [2.75, 3.05) is 19.6 Å². The van der Waals surface area contributed by atoms with Gasteiger partial charge in [0, 0.05) is 31.0 Å². The van der Waals surface area contributed by atoms with E-state index in [0.29, 0.717) is 5.96 Å². The molecule has 0 spiro atoms. The van der Waals surface area contributed by atoms with Gasteiger partial charge in [-0.25, -0.2) is 4.99 Å². The molecule has 0 aliphatic carbocycles. The van der Waals surface area contributed by atoms with Crippen LogP contribution in [0.5, 0.6) is 0 Å². The van der Waals surface area contributed by atoms with Crippen LogP contribution in [-0.4, -0.2) is 42.0 Å². The van der Waals surface area contributed by atoms with Crippen molar-refractivity contribution < 1.29 is 4.79 Å². The normalized spacial score (nSPS) is 11.5. The van der Waals surface area contributed by atoms with Crippen molar-refractivity contribution in [2.24, 2.45) is 4.99 Å². The van der Waals surface area contributed by atoms with Crippen molar-refractivity contribution in [2.45, 2.75) is 46.6 Å². The molecule has 0 fully saturated rings. The first-order valence-corrected chi connectivity index (χ1v) is 8.04. The number of aryl methyl sites for hydroxylation is 1. The van der Waals surface area contributed by atoms with E-state index in [1.54, 1.807) is 6.20 Å². The van der Waals surface area contributed by atoms with Crippen molar-refractivity contribution in [3.05, 3.63) is 29.6 Å². The topological polar surface area (TPSA) is 78.4 Å². The average Bonchev–Trinajstić information content (AvgIpc) is 2.45. The number of carbonyl (C=O) groups excluding carboxylic acids is 1. The van der Waals surface area contributed by atoms with Crippen molar-refractivity contribution in [1.29, 1.82) is 0 Å². The van der Waals surface area contributed by atoms with Crippen LogP contribution in [0, 0.1) is 6.92 Å². The predicted molar refractivity (Wildman–Crippen MR) is 110 cm³/mol. The second-order valence-corrected chi connectivity index (χ2v) is 6.47. The molecule has 0 aliphatic heterocycles. The molecule has 0 saturated heterocycles. The molecule has 1 aromatic rings. The maximum Gasteiger partial charge on any atom is 0.242 e. The van der Waals surface area contributed by atoms with Gasteiger partial charge in [0.2, 0.25) is 5.91 Å². The van der Waals surface area contributed by atoms with Gasteiger partial charge in [0.15, 0.2) is 5.96 Å². The number of aliphatic imine (C=N–C) groups is 1. The van der Waals surface area contributed by atoms with Crippen LogP contribution in [0.4, 0.5) is 0 Å². The molecule has 3 N–H and O–H groups in total. The summed E-state index contributed by atoms with van der Waals surface area (Å²) >= 11 is 0. The molecule has 136 valence electrons. The monoisotopic (exact) mass is 447 g/mol. The first kappa shape index (κ1) is 22.6. The Labute approximate surface area is 162 Å². The summed E-state index contributed by atoms with van der Waals surface area (Å²) in [5.41, 5.74) is 2.20. The maximum absolute atomic E-state index is 11.8. The highest BCUT2D eigenvalue weighted by Crippen LogP contribution is 2.04. The molecule has 7 heteroatoms. The Morgan fingerprint density at radius 2 is 2.00 bits per heavy atom. The van der Waals surface area contributed by atoms with Crippen LogP contribution in [0.3, 0.4) is 0 Å². The molecule has 0 radical (unpaired) electrons. The lowest BCUT2D eigenvalue weighted by Crippen LogP contribution is -2.43. The van der Waals surface area contributed by atoms with Crippen LogP contribution >= 0.6 is 24.0 Å². The van der Waals surface area contributed by atoms with E-state index in [1.807, 2.05) is 40.0 Å². The van der Waals surface area contributed by atoms with Gasteiger partial charge in [0.05, 0.1) is 0 Å². The zero-order valence-electron chi connectivity index (χ0n) is 15.3. The van der Waals surface area contributed by atoms with Crippen molar-refractivity contribution in [3.8, 4) is 0 Å². The van der Waals surface area contributed by atoms with Crippen molar-refractivity contribution in [3.63, 3.8) is 0 Å². The fraction of sp³-hybridized carbons (Fsp3) is 0.588. The Balaban J connectivity index is 0.00000529. The number of nitrogens with one attached hydrogen (secondary N) is 3. The molecule has 0 aromatic carbocycles. The molecule has 0 unspecified atom stereocenters. The SMILES string of the molecule is CCNC(=NCC(=O)NC(C)(C)C)NCCc1ccncc1C.I. The third-order valence-corrected chi connectivity index (χ3v) is 3.06. The van der Waals surface area contributed by atoms with Gasteiger partial charge < -0.3 is 16.0 Å². The number of hydrogen-bond donors (Lipinski definition) is 3. The molecular weight excluding hydrogens is 417 g/mol. The van der Waals surface area contributed by atoms with E-state index < -0.39 is 0 Å². The van der Waals surface area contributed by atoms with E-state index in [4.69, 9.17) is 0 Å². The molecule has 24 heavy (non-hydrogen) atoms. The van der Waals surface area contributed by atoms with Crippen LogP contribution in [0.1, 0.15) is 38.8 Å². The van der Waals surface area contributed by atoms with Gasteiger partial charge >= 0.3 is 0 Å². The molecule has 1 amide bonds. The van der Waals surface area contributed by atoms with E-state index in [9.17, 15) is 4.79 Å². The van der Waals surface area contributed by atoms with Gasteiger partial charge in [-0.1, -0.05) is 0 Å². The number of hydrogen-bond acceptors (Lipinski definition) is 3. The second-order valence-electron chi connectivity index (χ2n) is 6.47. The molecule has 0 atom stereocenters. The molecule has 1 rings (SSSR count). The lowest BCUT2D eigenvalue weighted by molar-refractivity contribution is -0.121. The van der Waals surface area contributed by atoms with Gasteiger partial charge in [-0.05, 0) is 58.2 Å². The first-order chi connectivity index (χ1) is 10.8. The Morgan fingerprint density at radius 1 is 1.29 bits per heavy atom. The first-order valence-electron chi connectivity index (χ1n) is 8.04. The number of pyridine rings is 1. The molecule has 0 aliphatic rings. The fourth-order valence-electron chi connectivity index (χ4n) is 2.05. The summed E-state index contributed by atoms with van der Waals surface area (Å²) in [4.78, 5) is 20.2. The summed E-state index contributed by atoms with van der Waals surface area (Å²) in [6.45, 7) is 11.5. The lowest BCUT2D eigenvalue weighted by Gasteiger charge is -2.20. The Hall–Kier alpha value is -1.38. The van der Waals surface area contributed by atoms with Gasteiger partial charge in [-0.2, -0.15) is 0 Å². The van der Waals surface area contributed by atoms with E-state index in [-0.39, 0.29) is 42.0 Å². The third kappa shape index (κ3) is 9.69. The average molecular weight is 447 g/mol. The molecular formula is C17H30IN5O. The van der Waals surface area contributed by atoms with Crippen LogP contribution < -0.4 is 16.0 Å². The minimum Gasteiger partial charge on any atom is -0.357 e. The largest absolute Gasteiger partial charge is 0.357 e. The minimum absolute atomic E-state index is 0. The maximum atomic E-state index is 11.8. The van der Waals surface area contributed by atoms with E-state index in [1.165, 1.54) is 11.1 Å². The zero-order valence-corrected chi connectivity index (χ0v) is 17.6. The number of guanidine groups is 1. The molecule has 1 heterocycles. The molecule has 1 aromatic heterocycles. The number of amides is 1. The number of halogens is 1. The van der Waals surface area contributed by atoms with Crippen LogP contribution in [-0.2, 0) is 11.2 Å². The Kier molecular flexibility index (Phi) is 10.6. The van der Waals surface area contributed by atoms with Gasteiger partial charge in [0.1, 0.15) is 6.54 Å². The lowest BCUT2D eigenvalue weighted by atomic mass is 10.1. The molecule has 0 bridgehead atoms. The predicted octanol–water partition coefficient (Wildman–Crippen LogP) is 2.02. The number of nitrogens with zero attached hydrogens (tertiary/aromatic N) is 2. The Morgan fingerprint density at radius 3 is 2.58 bits per heavy atom. The highest BCUT2D eigenvalue weighted by molar-refractivity contribution is 14.0. The number of aromatic nitrogens is 1.